The summed E-state index contributed by atoms with van der Waals surface area (Å²) in [6.45, 7) is 3.85. The van der Waals surface area contributed by atoms with E-state index in [1.54, 1.807) is 0 Å². The topological polar surface area (TPSA) is 42.0 Å². The Hall–Kier alpha value is -2.39. The molecule has 2 aromatic carbocycles. The first-order chi connectivity index (χ1) is 11.1. The number of fused-ring (bicyclic) bond motifs is 1. The molecule has 116 valence electrons. The number of carbonyl (C=O) groups excluding carboxylic acids is 1. The van der Waals surface area contributed by atoms with Crippen molar-refractivity contribution < 1.29 is 4.79 Å². The molecule has 3 nitrogen and oxygen atoms in total. The lowest BCUT2D eigenvalue weighted by Crippen LogP contribution is -2.30. The van der Waals surface area contributed by atoms with Crippen molar-refractivity contribution in [3.05, 3.63) is 65.3 Å². The van der Waals surface area contributed by atoms with Crippen LogP contribution in [0.2, 0.25) is 5.02 Å². The monoisotopic (exact) mass is 326 g/mol. The van der Waals surface area contributed by atoms with Gasteiger partial charge in [-0.2, -0.15) is 0 Å². The zero-order chi connectivity index (χ0) is 16.4. The van der Waals surface area contributed by atoms with Crippen molar-refractivity contribution in [2.24, 2.45) is 0 Å². The Balaban J connectivity index is 2.23. The number of hydrogen-bond acceptors (Lipinski definition) is 2. The van der Waals surface area contributed by atoms with Gasteiger partial charge in [-0.3, -0.25) is 4.79 Å². The van der Waals surface area contributed by atoms with E-state index in [0.29, 0.717) is 10.7 Å². The number of nitrogens with zero attached hydrogens (tertiary/aromatic N) is 1. The highest BCUT2D eigenvalue weighted by Crippen LogP contribution is 2.32. The third-order valence-corrected chi connectivity index (χ3v) is 3.85. The average Bonchev–Trinajstić information content (AvgIpc) is 2.54. The van der Waals surface area contributed by atoms with Gasteiger partial charge in [-0.25, -0.2) is 4.98 Å². The summed E-state index contributed by atoms with van der Waals surface area (Å²) < 4.78 is 0. The SMILES string of the molecule is CC(C)N[13C](=O)c1c[13c]2ccccc2c(-c2ccccc2Cl)n1. The van der Waals surface area contributed by atoms with E-state index in [1.165, 1.54) is 0 Å². The number of rotatable bonds is 3. The predicted octanol–water partition coefficient (Wildman–Crippen LogP) is 4.69. The van der Waals surface area contributed by atoms with Gasteiger partial charge in [0.1, 0.15) is 5.69 Å². The fourth-order valence-electron chi connectivity index (χ4n) is 2.51. The second-order valence-corrected chi connectivity index (χ2v) is 6.09. The van der Waals surface area contributed by atoms with E-state index in [-0.39, 0.29) is 11.9 Å². The van der Waals surface area contributed by atoms with Gasteiger partial charge in [-0.15, -0.1) is 0 Å². The maximum absolute atomic E-state index is 12.4. The minimum absolute atomic E-state index is 0.0551. The van der Waals surface area contributed by atoms with Crippen LogP contribution in [0, 0.1) is 0 Å². The molecular weight excluding hydrogens is 310 g/mol. The van der Waals surface area contributed by atoms with E-state index >= 15 is 0 Å². The highest BCUT2D eigenvalue weighted by molar-refractivity contribution is 6.33. The number of pyridine rings is 1. The molecule has 0 atom stereocenters. The summed E-state index contributed by atoms with van der Waals surface area (Å²) in [6.07, 6.45) is 0. The number of hydrogen-bond donors (Lipinski definition) is 1. The van der Waals surface area contributed by atoms with Crippen LogP contribution < -0.4 is 5.32 Å². The number of carbonyl (C=O) groups is 1. The van der Waals surface area contributed by atoms with Crippen LogP contribution in [0.25, 0.3) is 22.0 Å². The van der Waals surface area contributed by atoms with Gasteiger partial charge in [0.15, 0.2) is 0 Å². The first-order valence-electron chi connectivity index (χ1n) is 7.52. The van der Waals surface area contributed by atoms with Crippen molar-refractivity contribution in [2.75, 3.05) is 0 Å². The molecular formula is C19H17ClN2O. The van der Waals surface area contributed by atoms with Crippen molar-refractivity contribution in [3.8, 4) is 11.3 Å². The maximum Gasteiger partial charge on any atom is 0.270 e. The molecule has 0 aliphatic carbocycles. The van der Waals surface area contributed by atoms with Crippen LogP contribution in [0.1, 0.15) is 24.3 Å². The van der Waals surface area contributed by atoms with E-state index in [9.17, 15) is 4.79 Å². The smallest absolute Gasteiger partial charge is 0.270 e. The van der Waals surface area contributed by atoms with Gasteiger partial charge in [0.25, 0.3) is 5.91 Å². The van der Waals surface area contributed by atoms with Crippen molar-refractivity contribution in [1.82, 2.24) is 10.3 Å². The van der Waals surface area contributed by atoms with Crippen molar-refractivity contribution >= 4 is 28.3 Å². The summed E-state index contributed by atoms with van der Waals surface area (Å²) in [4.78, 5) is 16.9. The quantitative estimate of drug-likeness (QED) is 0.709. The van der Waals surface area contributed by atoms with Gasteiger partial charge >= 0.3 is 0 Å². The lowest BCUT2D eigenvalue weighted by atomic mass is 10.1. The molecule has 0 saturated heterocycles. The van der Waals surface area contributed by atoms with E-state index in [1.807, 2.05) is 68.4 Å². The van der Waals surface area contributed by atoms with Crippen LogP contribution in [-0.4, -0.2) is 16.9 Å². The largest absolute Gasteiger partial charge is 0.349 e. The molecule has 0 unspecified atom stereocenters. The Morgan fingerprint density at radius 1 is 1.09 bits per heavy atom. The molecule has 3 rings (SSSR count). The fourth-order valence-corrected chi connectivity index (χ4v) is 2.74. The Labute approximate surface area is 140 Å². The molecule has 0 fully saturated rings. The summed E-state index contributed by atoms with van der Waals surface area (Å²) in [6, 6.07) is 17.3. The molecule has 0 spiro atoms. The van der Waals surface area contributed by atoms with Gasteiger partial charge in [-0.05, 0) is 31.4 Å². The van der Waals surface area contributed by atoms with E-state index in [4.69, 9.17) is 11.6 Å². The normalized spacial score (nSPS) is 11.0. The summed E-state index contributed by atoms with van der Waals surface area (Å²) in [5, 5.41) is 5.44. The van der Waals surface area contributed by atoms with Gasteiger partial charge in [0.05, 0.1) is 5.69 Å². The number of benzene rings is 2. The molecule has 0 radical (unpaired) electrons. The average molecular weight is 327 g/mol. The molecule has 23 heavy (non-hydrogen) atoms. The van der Waals surface area contributed by atoms with Gasteiger partial charge < -0.3 is 5.32 Å². The molecule has 1 N–H and O–H groups in total. The van der Waals surface area contributed by atoms with Crippen molar-refractivity contribution in [3.63, 3.8) is 0 Å². The number of nitrogens with one attached hydrogen (secondary N) is 1. The van der Waals surface area contributed by atoms with E-state index in [0.717, 1.165) is 22.0 Å². The number of amides is 1. The molecule has 1 heterocycles. The number of halogens is 1. The molecule has 1 aromatic heterocycles. The first kappa shape index (κ1) is 15.5. The second kappa shape index (κ2) is 6.39. The van der Waals surface area contributed by atoms with Gasteiger partial charge in [0.2, 0.25) is 0 Å². The Bertz CT molecular complexity index is 874. The minimum Gasteiger partial charge on any atom is -0.349 e. The molecule has 3 aromatic rings. The van der Waals surface area contributed by atoms with Crippen LogP contribution in [0.15, 0.2) is 54.6 Å². The van der Waals surface area contributed by atoms with Crippen LogP contribution in [0.5, 0.6) is 0 Å². The standard InChI is InChI=1S/C19H17ClN2O/c1-12(2)21-19(23)17-11-13-7-3-4-8-14(13)18(22-17)15-9-5-6-10-16(15)20/h3-12H,1-2H3,(H,21,23)/i13+1,19+1. The molecule has 0 aliphatic rings. The highest BCUT2D eigenvalue weighted by atomic mass is 35.5. The molecule has 1 amide bonds. The minimum atomic E-state index is -0.181. The van der Waals surface area contributed by atoms with Crippen LogP contribution in [0.4, 0.5) is 0 Å². The molecule has 0 bridgehead atoms. The number of aromatic nitrogens is 1. The van der Waals surface area contributed by atoms with Gasteiger partial charge in [-0.1, -0.05) is 54.1 Å². The highest BCUT2D eigenvalue weighted by Gasteiger charge is 2.15. The van der Waals surface area contributed by atoms with E-state index in [2.05, 4.69) is 10.3 Å². The lowest BCUT2D eigenvalue weighted by molar-refractivity contribution is 0.0938. The zero-order valence-electron chi connectivity index (χ0n) is 13.0. The molecule has 0 saturated carbocycles. The Morgan fingerprint density at radius 2 is 1.78 bits per heavy atom. The summed E-state index contributed by atoms with van der Waals surface area (Å²) >= 11 is 6.33. The van der Waals surface area contributed by atoms with Crippen molar-refractivity contribution in [1.29, 1.82) is 0 Å². The van der Waals surface area contributed by atoms with E-state index < -0.39 is 0 Å². The molecule has 0 aliphatic heterocycles. The zero-order valence-corrected chi connectivity index (χ0v) is 13.8. The molecule has 4 heteroatoms. The van der Waals surface area contributed by atoms with Crippen LogP contribution >= 0.6 is 11.6 Å². The van der Waals surface area contributed by atoms with Gasteiger partial charge in [0, 0.05) is 22.0 Å². The summed E-state index contributed by atoms with van der Waals surface area (Å²) in [5.41, 5.74) is 1.94. The summed E-state index contributed by atoms with van der Waals surface area (Å²) in [7, 11) is 0. The van der Waals surface area contributed by atoms with Crippen LogP contribution in [-0.2, 0) is 0 Å². The van der Waals surface area contributed by atoms with Crippen LogP contribution in [0.3, 0.4) is 0 Å². The first-order valence-corrected chi connectivity index (χ1v) is 7.89. The lowest BCUT2D eigenvalue weighted by Gasteiger charge is -2.12. The second-order valence-electron chi connectivity index (χ2n) is 5.69. The third kappa shape index (κ3) is 3.20. The van der Waals surface area contributed by atoms with Crippen molar-refractivity contribution in [2.45, 2.75) is 19.9 Å². The Morgan fingerprint density at radius 3 is 2.52 bits per heavy atom. The Kier molecular flexibility index (Phi) is 4.30. The fraction of sp³-hybridized carbons (Fsp3) is 0.158. The third-order valence-electron chi connectivity index (χ3n) is 3.52. The summed E-state index contributed by atoms with van der Waals surface area (Å²) in [5.74, 6) is -0.181. The predicted molar refractivity (Wildman–Crippen MR) is 94.8 cm³/mol. The maximum atomic E-state index is 12.4.